The molecular formula is C16H22N2O2. The van der Waals surface area contributed by atoms with Crippen LogP contribution < -0.4 is 10.1 Å². The molecule has 108 valence electrons. The van der Waals surface area contributed by atoms with Crippen LogP contribution in [0.25, 0.3) is 0 Å². The molecule has 2 atom stereocenters. The monoisotopic (exact) mass is 274 g/mol. The third-order valence-electron chi connectivity index (χ3n) is 4.49. The minimum Gasteiger partial charge on any atom is -0.497 e. The number of likely N-dealkylation sites (tertiary alicyclic amines) is 1. The molecule has 1 N–H and O–H groups in total. The highest BCUT2D eigenvalue weighted by Gasteiger charge is 2.28. The van der Waals surface area contributed by atoms with Gasteiger partial charge in [0.2, 0.25) is 5.91 Å². The third-order valence-corrected chi connectivity index (χ3v) is 4.49. The Kier molecular flexibility index (Phi) is 3.66. The number of nitrogens with one attached hydrogen (secondary N) is 1. The maximum absolute atomic E-state index is 11.5. The van der Waals surface area contributed by atoms with Gasteiger partial charge in [0.15, 0.2) is 0 Å². The zero-order chi connectivity index (χ0) is 14.1. The maximum atomic E-state index is 11.5. The van der Waals surface area contributed by atoms with E-state index >= 15 is 0 Å². The number of benzene rings is 1. The van der Waals surface area contributed by atoms with E-state index in [1.165, 1.54) is 11.1 Å². The fraction of sp³-hybridized carbons (Fsp3) is 0.562. The molecule has 0 aromatic heterocycles. The fourth-order valence-corrected chi connectivity index (χ4v) is 3.31. The van der Waals surface area contributed by atoms with Gasteiger partial charge < -0.3 is 15.0 Å². The standard InChI is InChI=1S/C16H22N2O2/c1-18-10-12(5-8-16(18)19)17-15-7-4-11-3-6-13(20-2)9-14(11)15/h3,6,9,12,15,17H,4-5,7-8,10H2,1-2H3. The Labute approximate surface area is 120 Å². The molecule has 2 aliphatic rings. The number of likely N-dealkylation sites (N-methyl/N-ethyl adjacent to an activating group) is 1. The summed E-state index contributed by atoms with van der Waals surface area (Å²) in [5.74, 6) is 1.19. The molecule has 0 radical (unpaired) electrons. The summed E-state index contributed by atoms with van der Waals surface area (Å²) in [5.41, 5.74) is 2.78. The van der Waals surface area contributed by atoms with Gasteiger partial charge in [-0.25, -0.2) is 0 Å². The van der Waals surface area contributed by atoms with E-state index in [1.54, 1.807) is 7.11 Å². The number of nitrogens with zero attached hydrogens (tertiary/aromatic N) is 1. The van der Waals surface area contributed by atoms with Gasteiger partial charge in [0.1, 0.15) is 5.75 Å². The second kappa shape index (κ2) is 5.44. The van der Waals surface area contributed by atoms with E-state index in [1.807, 2.05) is 18.0 Å². The predicted molar refractivity (Wildman–Crippen MR) is 77.9 cm³/mol. The van der Waals surface area contributed by atoms with Gasteiger partial charge in [-0.3, -0.25) is 4.79 Å². The van der Waals surface area contributed by atoms with Crippen LogP contribution >= 0.6 is 0 Å². The van der Waals surface area contributed by atoms with E-state index in [0.717, 1.165) is 31.6 Å². The molecule has 1 aliphatic carbocycles. The molecule has 4 heteroatoms. The molecule has 1 aliphatic heterocycles. The van der Waals surface area contributed by atoms with Crippen LogP contribution in [0.5, 0.6) is 5.75 Å². The minimum atomic E-state index is 0.261. The number of carbonyl (C=O) groups excluding carboxylic acids is 1. The number of hydrogen-bond donors (Lipinski definition) is 1. The summed E-state index contributed by atoms with van der Waals surface area (Å²) in [4.78, 5) is 13.4. The topological polar surface area (TPSA) is 41.6 Å². The molecule has 3 rings (SSSR count). The van der Waals surface area contributed by atoms with Gasteiger partial charge in [-0.2, -0.15) is 0 Å². The lowest BCUT2D eigenvalue weighted by atomic mass is 10.0. The van der Waals surface area contributed by atoms with Crippen molar-refractivity contribution in [2.75, 3.05) is 20.7 Å². The number of aryl methyl sites for hydroxylation is 1. The van der Waals surface area contributed by atoms with Crippen LogP contribution in [0, 0.1) is 0 Å². The summed E-state index contributed by atoms with van der Waals surface area (Å²) in [6.07, 6.45) is 3.86. The predicted octanol–water partition coefficient (Wildman–Crippen LogP) is 1.89. The smallest absolute Gasteiger partial charge is 0.222 e. The van der Waals surface area contributed by atoms with Gasteiger partial charge in [0.25, 0.3) is 0 Å². The van der Waals surface area contributed by atoms with Gasteiger partial charge in [-0.05, 0) is 42.5 Å². The average Bonchev–Trinajstić information content (AvgIpc) is 2.85. The number of piperidine rings is 1. The minimum absolute atomic E-state index is 0.261. The Bertz CT molecular complexity index is 515. The summed E-state index contributed by atoms with van der Waals surface area (Å²) < 4.78 is 5.33. The average molecular weight is 274 g/mol. The number of ether oxygens (including phenoxy) is 1. The third kappa shape index (κ3) is 2.52. The summed E-state index contributed by atoms with van der Waals surface area (Å²) >= 11 is 0. The molecule has 4 nitrogen and oxygen atoms in total. The van der Waals surface area contributed by atoms with E-state index in [-0.39, 0.29) is 5.91 Å². The Morgan fingerprint density at radius 1 is 1.30 bits per heavy atom. The molecular weight excluding hydrogens is 252 g/mol. The maximum Gasteiger partial charge on any atom is 0.222 e. The number of methoxy groups -OCH3 is 1. The lowest BCUT2D eigenvalue weighted by Gasteiger charge is -2.32. The van der Waals surface area contributed by atoms with Gasteiger partial charge in [0.05, 0.1) is 7.11 Å². The summed E-state index contributed by atoms with van der Waals surface area (Å²) in [6, 6.07) is 7.16. The molecule has 1 aromatic rings. The van der Waals surface area contributed by atoms with E-state index in [4.69, 9.17) is 4.74 Å². The largest absolute Gasteiger partial charge is 0.497 e. The highest BCUT2D eigenvalue weighted by atomic mass is 16.5. The van der Waals surface area contributed by atoms with Crippen molar-refractivity contribution in [3.05, 3.63) is 29.3 Å². The first-order valence-corrected chi connectivity index (χ1v) is 7.34. The van der Waals surface area contributed by atoms with Crippen molar-refractivity contribution < 1.29 is 9.53 Å². The van der Waals surface area contributed by atoms with Crippen LogP contribution in [0.2, 0.25) is 0 Å². The number of hydrogen-bond acceptors (Lipinski definition) is 3. The molecule has 2 unspecified atom stereocenters. The van der Waals surface area contributed by atoms with Crippen molar-refractivity contribution in [2.24, 2.45) is 0 Å². The molecule has 1 amide bonds. The lowest BCUT2D eigenvalue weighted by Crippen LogP contribution is -2.47. The molecule has 0 spiro atoms. The van der Waals surface area contributed by atoms with Gasteiger partial charge in [-0.1, -0.05) is 6.07 Å². The first kappa shape index (κ1) is 13.4. The molecule has 0 saturated carbocycles. The number of carbonyl (C=O) groups is 1. The Hall–Kier alpha value is -1.55. The molecule has 20 heavy (non-hydrogen) atoms. The number of fused-ring (bicyclic) bond motifs is 1. The lowest BCUT2D eigenvalue weighted by molar-refractivity contribution is -0.132. The second-order valence-corrected chi connectivity index (χ2v) is 5.83. The first-order valence-electron chi connectivity index (χ1n) is 7.34. The van der Waals surface area contributed by atoms with Crippen LogP contribution in [0.15, 0.2) is 18.2 Å². The van der Waals surface area contributed by atoms with E-state index in [0.29, 0.717) is 18.5 Å². The normalized spacial score (nSPS) is 25.7. The van der Waals surface area contributed by atoms with Crippen LogP contribution in [-0.2, 0) is 11.2 Å². The Morgan fingerprint density at radius 3 is 2.90 bits per heavy atom. The quantitative estimate of drug-likeness (QED) is 0.915. The van der Waals surface area contributed by atoms with Crippen LogP contribution in [-0.4, -0.2) is 37.6 Å². The van der Waals surface area contributed by atoms with Crippen molar-refractivity contribution >= 4 is 5.91 Å². The van der Waals surface area contributed by atoms with E-state index in [9.17, 15) is 4.79 Å². The van der Waals surface area contributed by atoms with Gasteiger partial charge in [-0.15, -0.1) is 0 Å². The SMILES string of the molecule is COc1ccc2c(c1)C(NC1CCC(=O)N(C)C1)CC2. The van der Waals surface area contributed by atoms with Gasteiger partial charge in [0, 0.05) is 32.1 Å². The fourth-order valence-electron chi connectivity index (χ4n) is 3.31. The van der Waals surface area contributed by atoms with Crippen molar-refractivity contribution in [3.63, 3.8) is 0 Å². The highest BCUT2D eigenvalue weighted by Crippen LogP contribution is 2.34. The number of amides is 1. The number of rotatable bonds is 3. The van der Waals surface area contributed by atoms with Crippen LogP contribution in [0.1, 0.15) is 36.4 Å². The van der Waals surface area contributed by atoms with Crippen molar-refractivity contribution in [1.29, 1.82) is 0 Å². The van der Waals surface area contributed by atoms with Gasteiger partial charge >= 0.3 is 0 Å². The summed E-state index contributed by atoms with van der Waals surface area (Å²) in [5, 5.41) is 3.73. The highest BCUT2D eigenvalue weighted by molar-refractivity contribution is 5.76. The molecule has 1 aromatic carbocycles. The van der Waals surface area contributed by atoms with E-state index in [2.05, 4.69) is 17.4 Å². The second-order valence-electron chi connectivity index (χ2n) is 5.83. The summed E-state index contributed by atoms with van der Waals surface area (Å²) in [7, 11) is 3.60. The molecule has 1 heterocycles. The molecule has 1 saturated heterocycles. The van der Waals surface area contributed by atoms with E-state index < -0.39 is 0 Å². The first-order chi connectivity index (χ1) is 9.67. The zero-order valence-corrected chi connectivity index (χ0v) is 12.2. The van der Waals surface area contributed by atoms with Crippen molar-refractivity contribution in [3.8, 4) is 5.75 Å². The van der Waals surface area contributed by atoms with Crippen LogP contribution in [0.4, 0.5) is 0 Å². The zero-order valence-electron chi connectivity index (χ0n) is 12.2. The Balaban J connectivity index is 1.70. The van der Waals surface area contributed by atoms with Crippen molar-refractivity contribution in [1.82, 2.24) is 10.2 Å². The Morgan fingerprint density at radius 2 is 2.15 bits per heavy atom. The molecule has 1 fully saturated rings. The van der Waals surface area contributed by atoms with Crippen LogP contribution in [0.3, 0.4) is 0 Å². The summed E-state index contributed by atoms with van der Waals surface area (Å²) in [6.45, 7) is 0.814. The molecule has 0 bridgehead atoms. The van der Waals surface area contributed by atoms with Crippen molar-refractivity contribution in [2.45, 2.75) is 37.8 Å².